The van der Waals surface area contributed by atoms with E-state index in [9.17, 15) is 14.4 Å². The van der Waals surface area contributed by atoms with Crippen molar-refractivity contribution < 1.29 is 14.4 Å². The molecule has 1 aliphatic rings. The predicted octanol–water partition coefficient (Wildman–Crippen LogP) is -1.43. The predicted molar refractivity (Wildman–Crippen MR) is 33.7 cm³/mol. The Morgan fingerprint density at radius 1 is 1.45 bits per heavy atom. The van der Waals surface area contributed by atoms with E-state index in [2.05, 4.69) is 0 Å². The standard InChI is InChI=1S/C5H7N3O3/c1-2-3(9)7-5(11)8(6)4(2)10/h2H,6H2,1H3,(H,7,9,11). The zero-order valence-electron chi connectivity index (χ0n) is 5.83. The molecule has 0 spiro atoms. The number of hydrogen-bond donors (Lipinski definition) is 2. The van der Waals surface area contributed by atoms with Crippen LogP contribution in [0.3, 0.4) is 0 Å². The Balaban J connectivity index is 2.87. The van der Waals surface area contributed by atoms with E-state index in [-0.39, 0.29) is 0 Å². The Hall–Kier alpha value is -1.43. The molecule has 4 amide bonds. The highest BCUT2D eigenvalue weighted by Crippen LogP contribution is 2.04. The first kappa shape index (κ1) is 7.67. The van der Waals surface area contributed by atoms with Crippen molar-refractivity contribution in [2.75, 3.05) is 0 Å². The van der Waals surface area contributed by atoms with Gasteiger partial charge in [-0.1, -0.05) is 0 Å². The molecule has 11 heavy (non-hydrogen) atoms. The minimum absolute atomic E-state index is 0.395. The summed E-state index contributed by atoms with van der Waals surface area (Å²) in [5.41, 5.74) is 0. The molecule has 1 aliphatic heterocycles. The summed E-state index contributed by atoms with van der Waals surface area (Å²) < 4.78 is 0. The summed E-state index contributed by atoms with van der Waals surface area (Å²) in [6.45, 7) is 1.38. The molecule has 0 aromatic rings. The zero-order valence-corrected chi connectivity index (χ0v) is 5.83. The lowest BCUT2D eigenvalue weighted by Gasteiger charge is -2.23. The molecule has 60 valence electrons. The summed E-state index contributed by atoms with van der Waals surface area (Å²) in [6, 6.07) is -0.877. The average Bonchev–Trinajstić information content (AvgIpc) is 1.97. The maximum Gasteiger partial charge on any atom is 0.345 e. The van der Waals surface area contributed by atoms with E-state index < -0.39 is 23.8 Å². The number of nitrogens with two attached hydrogens (primary N) is 1. The molecule has 0 saturated carbocycles. The van der Waals surface area contributed by atoms with Gasteiger partial charge in [-0.3, -0.25) is 14.9 Å². The van der Waals surface area contributed by atoms with Gasteiger partial charge in [-0.15, -0.1) is 0 Å². The van der Waals surface area contributed by atoms with Crippen LogP contribution in [0.5, 0.6) is 0 Å². The highest BCUT2D eigenvalue weighted by Gasteiger charge is 2.35. The molecule has 0 radical (unpaired) electrons. The zero-order chi connectivity index (χ0) is 8.59. The number of carbonyl (C=O) groups excluding carboxylic acids is 3. The molecular weight excluding hydrogens is 150 g/mol. The van der Waals surface area contributed by atoms with Crippen molar-refractivity contribution in [3.8, 4) is 0 Å². The molecule has 1 saturated heterocycles. The van der Waals surface area contributed by atoms with Crippen molar-refractivity contribution in [1.29, 1.82) is 0 Å². The van der Waals surface area contributed by atoms with E-state index in [1.807, 2.05) is 5.32 Å². The van der Waals surface area contributed by atoms with Crippen LogP contribution in [0.25, 0.3) is 0 Å². The third-order valence-electron chi connectivity index (χ3n) is 1.45. The fraction of sp³-hybridized carbons (Fsp3) is 0.400. The van der Waals surface area contributed by atoms with Crippen LogP contribution in [-0.4, -0.2) is 22.9 Å². The van der Waals surface area contributed by atoms with E-state index >= 15 is 0 Å². The Morgan fingerprint density at radius 3 is 2.55 bits per heavy atom. The number of imide groups is 2. The number of rotatable bonds is 0. The maximum absolute atomic E-state index is 10.9. The molecular formula is C5H7N3O3. The topological polar surface area (TPSA) is 92.5 Å². The lowest BCUT2D eigenvalue weighted by molar-refractivity contribution is -0.141. The average molecular weight is 157 g/mol. The number of hydrogen-bond acceptors (Lipinski definition) is 4. The summed E-state index contributed by atoms with van der Waals surface area (Å²) in [7, 11) is 0. The number of amides is 4. The van der Waals surface area contributed by atoms with E-state index in [4.69, 9.17) is 5.84 Å². The van der Waals surface area contributed by atoms with Crippen molar-refractivity contribution in [3.63, 3.8) is 0 Å². The molecule has 1 atom stereocenters. The fourth-order valence-electron chi connectivity index (χ4n) is 0.695. The molecule has 6 heteroatoms. The molecule has 1 rings (SSSR count). The van der Waals surface area contributed by atoms with Gasteiger partial charge in [-0.05, 0) is 6.92 Å². The molecule has 1 heterocycles. The first-order chi connectivity index (χ1) is 5.04. The van der Waals surface area contributed by atoms with E-state index in [0.29, 0.717) is 5.01 Å². The van der Waals surface area contributed by atoms with E-state index in [0.717, 1.165) is 0 Å². The van der Waals surface area contributed by atoms with Crippen molar-refractivity contribution in [1.82, 2.24) is 10.3 Å². The third-order valence-corrected chi connectivity index (χ3v) is 1.45. The fourth-order valence-corrected chi connectivity index (χ4v) is 0.695. The minimum Gasteiger partial charge on any atom is -0.276 e. The smallest absolute Gasteiger partial charge is 0.276 e. The SMILES string of the molecule is CC1C(=O)NC(=O)N(N)C1=O. The van der Waals surface area contributed by atoms with Gasteiger partial charge in [0.15, 0.2) is 0 Å². The van der Waals surface area contributed by atoms with Gasteiger partial charge in [0, 0.05) is 0 Å². The summed E-state index contributed by atoms with van der Waals surface area (Å²) in [5.74, 6) is 2.83. The first-order valence-corrected chi connectivity index (χ1v) is 2.97. The molecule has 1 unspecified atom stereocenters. The van der Waals surface area contributed by atoms with Gasteiger partial charge >= 0.3 is 6.03 Å². The second-order valence-electron chi connectivity index (χ2n) is 2.22. The molecule has 0 aliphatic carbocycles. The van der Waals surface area contributed by atoms with Crippen LogP contribution in [-0.2, 0) is 9.59 Å². The normalized spacial score (nSPS) is 25.5. The molecule has 0 aromatic heterocycles. The van der Waals surface area contributed by atoms with Gasteiger partial charge < -0.3 is 0 Å². The Kier molecular flexibility index (Phi) is 1.61. The van der Waals surface area contributed by atoms with Crippen molar-refractivity contribution in [2.24, 2.45) is 11.8 Å². The van der Waals surface area contributed by atoms with Crippen LogP contribution in [0.15, 0.2) is 0 Å². The number of nitrogens with one attached hydrogen (secondary N) is 1. The first-order valence-electron chi connectivity index (χ1n) is 2.97. The second kappa shape index (κ2) is 2.31. The summed E-state index contributed by atoms with van der Waals surface area (Å²) in [6.07, 6.45) is 0. The number of hydrazine groups is 1. The maximum atomic E-state index is 10.9. The van der Waals surface area contributed by atoms with Crippen LogP contribution in [0.4, 0.5) is 4.79 Å². The van der Waals surface area contributed by atoms with Gasteiger partial charge in [0.25, 0.3) is 5.91 Å². The highest BCUT2D eigenvalue weighted by molar-refractivity contribution is 6.15. The summed E-state index contributed by atoms with van der Waals surface area (Å²) in [4.78, 5) is 32.2. The summed E-state index contributed by atoms with van der Waals surface area (Å²) >= 11 is 0. The van der Waals surface area contributed by atoms with Crippen LogP contribution in [0.1, 0.15) is 6.92 Å². The molecule has 0 bridgehead atoms. The van der Waals surface area contributed by atoms with Crippen LogP contribution < -0.4 is 11.2 Å². The van der Waals surface area contributed by atoms with Gasteiger partial charge in [-0.25, -0.2) is 10.6 Å². The number of carbonyl (C=O) groups is 3. The van der Waals surface area contributed by atoms with E-state index in [1.54, 1.807) is 0 Å². The molecule has 0 aromatic carbocycles. The number of urea groups is 1. The Morgan fingerprint density at radius 2 is 2.00 bits per heavy atom. The van der Waals surface area contributed by atoms with Crippen molar-refractivity contribution in [2.45, 2.75) is 6.92 Å². The molecule has 3 N–H and O–H groups in total. The number of barbiturate groups is 1. The minimum atomic E-state index is -0.877. The molecule has 6 nitrogen and oxygen atoms in total. The largest absolute Gasteiger partial charge is 0.345 e. The monoisotopic (exact) mass is 157 g/mol. The lowest BCUT2D eigenvalue weighted by Crippen LogP contribution is -2.59. The van der Waals surface area contributed by atoms with Gasteiger partial charge in [-0.2, -0.15) is 5.01 Å². The summed E-state index contributed by atoms with van der Waals surface area (Å²) in [5, 5.41) is 2.31. The van der Waals surface area contributed by atoms with Gasteiger partial charge in [0.2, 0.25) is 5.91 Å². The number of nitrogens with zero attached hydrogens (tertiary/aromatic N) is 1. The highest BCUT2D eigenvalue weighted by atomic mass is 16.2. The van der Waals surface area contributed by atoms with Crippen molar-refractivity contribution >= 4 is 17.8 Å². The van der Waals surface area contributed by atoms with Crippen LogP contribution in [0, 0.1) is 5.92 Å². The Bertz CT molecular complexity index is 215. The van der Waals surface area contributed by atoms with Crippen LogP contribution >= 0.6 is 0 Å². The van der Waals surface area contributed by atoms with Gasteiger partial charge in [0.05, 0.1) is 0 Å². The second-order valence-corrected chi connectivity index (χ2v) is 2.22. The van der Waals surface area contributed by atoms with Crippen LogP contribution in [0.2, 0.25) is 0 Å². The third kappa shape index (κ3) is 1.07. The van der Waals surface area contributed by atoms with Gasteiger partial charge in [0.1, 0.15) is 5.92 Å². The van der Waals surface area contributed by atoms with Crippen molar-refractivity contribution in [3.05, 3.63) is 0 Å². The Labute approximate surface area is 62.3 Å². The lowest BCUT2D eigenvalue weighted by atomic mass is 10.1. The quantitative estimate of drug-likeness (QED) is 0.256. The van der Waals surface area contributed by atoms with E-state index in [1.165, 1.54) is 6.92 Å². The molecule has 1 fully saturated rings.